The second-order valence-electron chi connectivity index (χ2n) is 3.82. The van der Waals surface area contributed by atoms with Crippen LogP contribution >= 0.6 is 0 Å². The van der Waals surface area contributed by atoms with Crippen molar-refractivity contribution >= 4 is 0 Å². The number of rotatable bonds is 6. The number of hydrogen-bond acceptors (Lipinski definition) is 3. The van der Waals surface area contributed by atoms with Gasteiger partial charge in [-0.3, -0.25) is 0 Å². The van der Waals surface area contributed by atoms with Gasteiger partial charge in [0, 0.05) is 20.2 Å². The highest BCUT2D eigenvalue weighted by Gasteiger charge is 2.03. The normalized spacial score (nSPS) is 12.8. The number of aliphatic hydroxyl groups excluding tert-OH is 1. The molecule has 0 spiro atoms. The van der Waals surface area contributed by atoms with Gasteiger partial charge in [0.1, 0.15) is 5.82 Å². The van der Waals surface area contributed by atoms with Crippen molar-refractivity contribution in [2.24, 2.45) is 0 Å². The molecular weight excluding hydrogens is 209 g/mol. The molecule has 0 bridgehead atoms. The van der Waals surface area contributed by atoms with Gasteiger partial charge in [0.05, 0.1) is 12.7 Å². The first-order valence-corrected chi connectivity index (χ1v) is 5.26. The summed E-state index contributed by atoms with van der Waals surface area (Å²) in [5.41, 5.74) is 1.64. The minimum atomic E-state index is -0.508. The number of methoxy groups -OCH3 is 1. The predicted molar refractivity (Wildman–Crippen MR) is 60.7 cm³/mol. The van der Waals surface area contributed by atoms with Gasteiger partial charge in [-0.25, -0.2) is 4.39 Å². The van der Waals surface area contributed by atoms with Gasteiger partial charge in [0.2, 0.25) is 0 Å². The summed E-state index contributed by atoms with van der Waals surface area (Å²) in [6.07, 6.45) is -0.508. The van der Waals surface area contributed by atoms with Gasteiger partial charge in [0.25, 0.3) is 0 Å². The lowest BCUT2D eigenvalue weighted by Gasteiger charge is -2.11. The van der Waals surface area contributed by atoms with Crippen LogP contribution < -0.4 is 5.32 Å². The van der Waals surface area contributed by atoms with E-state index in [1.54, 1.807) is 26.2 Å². The van der Waals surface area contributed by atoms with Gasteiger partial charge in [0.15, 0.2) is 0 Å². The van der Waals surface area contributed by atoms with Crippen LogP contribution in [-0.2, 0) is 11.3 Å². The maximum absolute atomic E-state index is 13.0. The zero-order chi connectivity index (χ0) is 12.0. The first-order valence-electron chi connectivity index (χ1n) is 5.26. The SMILES string of the molecule is COCC(O)CNCc1ccc(F)c(C)c1. The Morgan fingerprint density at radius 2 is 2.25 bits per heavy atom. The number of nitrogens with one attached hydrogen (secondary N) is 1. The molecule has 1 aromatic carbocycles. The van der Waals surface area contributed by atoms with Gasteiger partial charge in [-0.05, 0) is 24.1 Å². The molecule has 1 rings (SSSR count). The van der Waals surface area contributed by atoms with Crippen LogP contribution in [-0.4, -0.2) is 31.5 Å². The topological polar surface area (TPSA) is 41.5 Å². The van der Waals surface area contributed by atoms with Gasteiger partial charge >= 0.3 is 0 Å². The Morgan fingerprint density at radius 3 is 2.88 bits per heavy atom. The largest absolute Gasteiger partial charge is 0.389 e. The Hall–Kier alpha value is -0.970. The van der Waals surface area contributed by atoms with E-state index in [2.05, 4.69) is 5.32 Å². The number of aryl methyl sites for hydroxylation is 1. The van der Waals surface area contributed by atoms with Crippen molar-refractivity contribution < 1.29 is 14.2 Å². The highest BCUT2D eigenvalue weighted by atomic mass is 19.1. The van der Waals surface area contributed by atoms with Crippen LogP contribution in [0.25, 0.3) is 0 Å². The third kappa shape index (κ3) is 4.26. The van der Waals surface area contributed by atoms with Crippen molar-refractivity contribution in [3.63, 3.8) is 0 Å². The molecule has 0 aliphatic carbocycles. The monoisotopic (exact) mass is 227 g/mol. The Labute approximate surface area is 95.2 Å². The van der Waals surface area contributed by atoms with E-state index in [-0.39, 0.29) is 5.82 Å². The van der Waals surface area contributed by atoms with E-state index in [4.69, 9.17) is 4.74 Å². The molecule has 3 nitrogen and oxygen atoms in total. The predicted octanol–water partition coefficient (Wildman–Crippen LogP) is 1.23. The van der Waals surface area contributed by atoms with Crippen LogP contribution in [0, 0.1) is 12.7 Å². The number of halogens is 1. The Kier molecular flexibility index (Phi) is 5.38. The van der Waals surface area contributed by atoms with Crippen LogP contribution in [0.2, 0.25) is 0 Å². The van der Waals surface area contributed by atoms with Gasteiger partial charge in [-0.15, -0.1) is 0 Å². The molecule has 0 amide bonds. The second-order valence-corrected chi connectivity index (χ2v) is 3.82. The van der Waals surface area contributed by atoms with E-state index in [0.29, 0.717) is 25.3 Å². The van der Waals surface area contributed by atoms with Crippen molar-refractivity contribution in [3.05, 3.63) is 35.1 Å². The van der Waals surface area contributed by atoms with Crippen molar-refractivity contribution in [2.45, 2.75) is 19.6 Å². The third-order valence-electron chi connectivity index (χ3n) is 2.29. The Bertz CT molecular complexity index is 331. The Morgan fingerprint density at radius 1 is 1.50 bits per heavy atom. The molecule has 0 heterocycles. The van der Waals surface area contributed by atoms with E-state index >= 15 is 0 Å². The smallest absolute Gasteiger partial charge is 0.126 e. The molecule has 1 unspecified atom stereocenters. The average Bonchev–Trinajstić information content (AvgIpc) is 2.24. The fraction of sp³-hybridized carbons (Fsp3) is 0.500. The summed E-state index contributed by atoms with van der Waals surface area (Å²) in [7, 11) is 1.55. The van der Waals surface area contributed by atoms with Crippen LogP contribution in [0.3, 0.4) is 0 Å². The van der Waals surface area contributed by atoms with Crippen LogP contribution in [0.4, 0.5) is 4.39 Å². The number of hydrogen-bond donors (Lipinski definition) is 2. The zero-order valence-corrected chi connectivity index (χ0v) is 9.66. The molecular formula is C12H18FNO2. The molecule has 0 aliphatic heterocycles. The minimum Gasteiger partial charge on any atom is -0.389 e. The van der Waals surface area contributed by atoms with Crippen LogP contribution in [0.5, 0.6) is 0 Å². The molecule has 0 fully saturated rings. The maximum atomic E-state index is 13.0. The molecule has 90 valence electrons. The lowest BCUT2D eigenvalue weighted by atomic mass is 10.1. The molecule has 0 saturated carbocycles. The van der Waals surface area contributed by atoms with Crippen LogP contribution in [0.15, 0.2) is 18.2 Å². The molecule has 4 heteroatoms. The number of benzene rings is 1. The summed E-state index contributed by atoms with van der Waals surface area (Å²) in [4.78, 5) is 0. The molecule has 0 saturated heterocycles. The van der Waals surface area contributed by atoms with Crippen LogP contribution in [0.1, 0.15) is 11.1 Å². The van der Waals surface area contributed by atoms with E-state index in [1.165, 1.54) is 6.07 Å². The molecule has 0 aliphatic rings. The molecule has 0 aromatic heterocycles. The first kappa shape index (κ1) is 13.1. The standard InChI is InChI=1S/C12H18FNO2/c1-9-5-10(3-4-12(9)13)6-14-7-11(15)8-16-2/h3-5,11,14-15H,6-8H2,1-2H3. The minimum absolute atomic E-state index is 0.192. The molecule has 1 aromatic rings. The van der Waals surface area contributed by atoms with E-state index in [1.807, 2.05) is 0 Å². The third-order valence-corrected chi connectivity index (χ3v) is 2.29. The lowest BCUT2D eigenvalue weighted by Crippen LogP contribution is -2.29. The molecule has 16 heavy (non-hydrogen) atoms. The summed E-state index contributed by atoms with van der Waals surface area (Å²) < 4.78 is 17.8. The Balaban J connectivity index is 2.34. The van der Waals surface area contributed by atoms with E-state index in [9.17, 15) is 9.50 Å². The van der Waals surface area contributed by atoms with E-state index in [0.717, 1.165) is 5.56 Å². The fourth-order valence-corrected chi connectivity index (χ4v) is 1.45. The molecule has 1 atom stereocenters. The summed E-state index contributed by atoms with van der Waals surface area (Å²) >= 11 is 0. The lowest BCUT2D eigenvalue weighted by molar-refractivity contribution is 0.0644. The first-order chi connectivity index (χ1) is 7.63. The summed E-state index contributed by atoms with van der Waals surface area (Å²) in [6, 6.07) is 4.99. The summed E-state index contributed by atoms with van der Waals surface area (Å²) in [5.74, 6) is -0.192. The van der Waals surface area contributed by atoms with Gasteiger partial charge in [-0.2, -0.15) is 0 Å². The molecule has 2 N–H and O–H groups in total. The zero-order valence-electron chi connectivity index (χ0n) is 9.66. The quantitative estimate of drug-likeness (QED) is 0.768. The summed E-state index contributed by atoms with van der Waals surface area (Å²) in [5, 5.41) is 12.5. The molecule has 0 radical (unpaired) electrons. The van der Waals surface area contributed by atoms with Crippen molar-refractivity contribution in [1.82, 2.24) is 5.32 Å². The van der Waals surface area contributed by atoms with Crippen molar-refractivity contribution in [1.29, 1.82) is 0 Å². The highest BCUT2D eigenvalue weighted by molar-refractivity contribution is 5.23. The number of ether oxygens (including phenoxy) is 1. The van der Waals surface area contributed by atoms with Gasteiger partial charge < -0.3 is 15.2 Å². The van der Waals surface area contributed by atoms with Gasteiger partial charge in [-0.1, -0.05) is 12.1 Å². The van der Waals surface area contributed by atoms with E-state index < -0.39 is 6.10 Å². The second kappa shape index (κ2) is 6.58. The van der Waals surface area contributed by atoms with Crippen molar-refractivity contribution in [3.8, 4) is 0 Å². The fourth-order valence-electron chi connectivity index (χ4n) is 1.45. The number of aliphatic hydroxyl groups is 1. The maximum Gasteiger partial charge on any atom is 0.126 e. The summed E-state index contributed by atoms with van der Waals surface area (Å²) in [6.45, 7) is 3.13. The average molecular weight is 227 g/mol. The highest BCUT2D eigenvalue weighted by Crippen LogP contribution is 2.08. The van der Waals surface area contributed by atoms with Crippen molar-refractivity contribution in [2.75, 3.05) is 20.3 Å².